The van der Waals surface area contributed by atoms with E-state index in [1.807, 2.05) is 0 Å². The summed E-state index contributed by atoms with van der Waals surface area (Å²) in [5, 5.41) is 14.1. The molecule has 0 spiro atoms. The van der Waals surface area contributed by atoms with Gasteiger partial charge in [0, 0.05) is 62.4 Å². The fourth-order valence-electron chi connectivity index (χ4n) is 9.01. The summed E-state index contributed by atoms with van der Waals surface area (Å²) < 4.78 is 5.12. The Labute approximate surface area is 318 Å². The van der Waals surface area contributed by atoms with Gasteiger partial charge in [0.05, 0.1) is 12.5 Å². The van der Waals surface area contributed by atoms with Gasteiger partial charge in [0.25, 0.3) is 0 Å². The van der Waals surface area contributed by atoms with E-state index in [9.17, 15) is 9.90 Å². The van der Waals surface area contributed by atoms with Crippen LogP contribution in [0.5, 0.6) is 0 Å². The summed E-state index contributed by atoms with van der Waals surface area (Å²) in [5.74, 6) is 0.685. The minimum Gasteiger partial charge on any atom is -0.481 e. The van der Waals surface area contributed by atoms with Crippen LogP contribution in [0.3, 0.4) is 0 Å². The Morgan fingerprint density at radius 3 is 1.91 bits per heavy atom. The molecule has 0 radical (unpaired) electrons. The van der Waals surface area contributed by atoms with E-state index in [0.717, 1.165) is 94.7 Å². The lowest BCUT2D eigenvalue weighted by Gasteiger charge is -2.48. The zero-order chi connectivity index (χ0) is 37.9. The number of carbonyl (C=O) groups is 1. The van der Waals surface area contributed by atoms with Gasteiger partial charge in [0.15, 0.2) is 0 Å². The minimum absolute atomic E-state index is 0.125. The highest BCUT2D eigenvalue weighted by atomic mass is 16.4. The number of allylic oxidation sites excluding steroid dienone is 3. The molecule has 1 N–H and O–H groups in total. The quantitative estimate of drug-likeness (QED) is 0.203. The molecule has 2 aromatic carbocycles. The van der Waals surface area contributed by atoms with Gasteiger partial charge in [-0.15, -0.1) is 6.08 Å². The molecule has 53 heavy (non-hydrogen) atoms. The van der Waals surface area contributed by atoms with Gasteiger partial charge < -0.3 is 19.2 Å². The molecule has 2 aromatic rings. The molecule has 1 saturated heterocycles. The van der Waals surface area contributed by atoms with E-state index in [-0.39, 0.29) is 17.3 Å². The van der Waals surface area contributed by atoms with Crippen molar-refractivity contribution in [1.82, 2.24) is 19.0 Å². The molecule has 0 saturated carbocycles. The van der Waals surface area contributed by atoms with E-state index < -0.39 is 5.97 Å². The summed E-state index contributed by atoms with van der Waals surface area (Å²) in [6.45, 7) is 28.7. The Morgan fingerprint density at radius 2 is 1.38 bits per heavy atom. The van der Waals surface area contributed by atoms with Crippen molar-refractivity contribution in [2.24, 2.45) is 0 Å². The maximum atomic E-state index is 11.4. The van der Waals surface area contributed by atoms with Crippen LogP contribution in [0.1, 0.15) is 104 Å². The van der Waals surface area contributed by atoms with E-state index in [4.69, 9.17) is 0 Å². The van der Waals surface area contributed by atoms with Gasteiger partial charge in [0.1, 0.15) is 23.8 Å². The Hall–Kier alpha value is -4.16. The second kappa shape index (κ2) is 16.1. The van der Waals surface area contributed by atoms with Crippen molar-refractivity contribution < 1.29 is 9.90 Å². The molecule has 1 aliphatic carbocycles. The van der Waals surface area contributed by atoms with Gasteiger partial charge in [0.2, 0.25) is 0 Å². The first-order chi connectivity index (χ1) is 25.4. The fourth-order valence-corrected chi connectivity index (χ4v) is 9.01. The van der Waals surface area contributed by atoms with Crippen LogP contribution >= 0.6 is 0 Å². The molecule has 0 aromatic heterocycles. The second-order valence-corrected chi connectivity index (χ2v) is 16.6. The number of carboxylic acids is 1. The summed E-state index contributed by atoms with van der Waals surface area (Å²) in [4.78, 5) is 16.3. The number of piperazine rings is 1. The molecule has 0 amide bonds. The third-order valence-corrected chi connectivity index (χ3v) is 12.1. The normalized spacial score (nSPS) is 20.0. The van der Waals surface area contributed by atoms with Crippen molar-refractivity contribution in [3.05, 3.63) is 122 Å². The Bertz CT molecular complexity index is 2000. The number of aliphatic carboxylic acids is 1. The van der Waals surface area contributed by atoms with Crippen molar-refractivity contribution in [3.8, 4) is 0 Å². The van der Waals surface area contributed by atoms with Crippen molar-refractivity contribution in [3.63, 3.8) is 0 Å². The average Bonchev–Trinajstić information content (AvgIpc) is 3.47. The van der Waals surface area contributed by atoms with Crippen LogP contribution in [0, 0.1) is 18.0 Å². The van der Waals surface area contributed by atoms with Gasteiger partial charge in [-0.2, -0.15) is 11.5 Å². The maximum Gasteiger partial charge on any atom is 0.304 e. The fraction of sp³-hybridized carbons (Fsp3) is 0.489. The van der Waals surface area contributed by atoms with E-state index in [2.05, 4.69) is 134 Å². The number of rotatable bonds is 14. The highest BCUT2D eigenvalue weighted by molar-refractivity contribution is 5.66. The predicted molar refractivity (Wildman–Crippen MR) is 220 cm³/mol. The lowest BCUT2D eigenvalue weighted by molar-refractivity contribution is -0.137. The van der Waals surface area contributed by atoms with E-state index >= 15 is 0 Å². The maximum absolute atomic E-state index is 11.4. The first kappa shape index (κ1) is 38.6. The summed E-state index contributed by atoms with van der Waals surface area (Å²) in [6.07, 6.45) is 17.7. The highest BCUT2D eigenvalue weighted by Gasteiger charge is 2.40. The van der Waals surface area contributed by atoms with Crippen LogP contribution in [0.4, 0.5) is 0 Å². The molecule has 6 heteroatoms. The van der Waals surface area contributed by atoms with Crippen LogP contribution < -0.4 is 30.3 Å². The topological polar surface area (TPSA) is 49.8 Å². The number of carboxylic acid groups (broad SMARTS) is 1. The highest BCUT2D eigenvalue weighted by Crippen LogP contribution is 2.41. The number of benzene rings is 2. The Kier molecular flexibility index (Phi) is 11.7. The van der Waals surface area contributed by atoms with Crippen molar-refractivity contribution in [2.75, 3.05) is 45.8 Å². The number of fused-ring (bicyclic) bond motifs is 2. The van der Waals surface area contributed by atoms with Crippen LogP contribution in [-0.4, -0.2) is 66.7 Å². The molecule has 3 aliphatic heterocycles. The smallest absolute Gasteiger partial charge is 0.304 e. The van der Waals surface area contributed by atoms with Crippen molar-refractivity contribution in [1.29, 1.82) is 0 Å². The van der Waals surface area contributed by atoms with Gasteiger partial charge in [-0.1, -0.05) is 117 Å². The molecule has 6 rings (SSSR count). The summed E-state index contributed by atoms with van der Waals surface area (Å²) in [7, 11) is 0. The molecule has 284 valence electrons. The van der Waals surface area contributed by atoms with E-state index in [1.54, 1.807) is 0 Å². The Morgan fingerprint density at radius 1 is 0.830 bits per heavy atom. The molecule has 0 atom stereocenters. The average molecular weight is 716 g/mol. The third-order valence-electron chi connectivity index (χ3n) is 12.1. The summed E-state index contributed by atoms with van der Waals surface area (Å²) in [6, 6.07) is 16.1. The number of hydrogen-bond acceptors (Lipinski definition) is 3. The standard InChI is InChI=1S/C47H63N4O2/c1-9-11-25-50-40-20-16-34(3)32-38(40)46(5,6)42(50)22-18-36-14-13-15-37(45(36)49-30-28-48(29-31-49)27-24-44(52)53)19-23-43-47(7,8)39-33-35(4)17-21-41(39)51(43)26-12-10-2/h16-23,32-33H,3-4,9-15,24-31H2,1-2,5-8H3,(H,52,53)/q-1/b22-18+,23-19?. The van der Waals surface area contributed by atoms with Gasteiger partial charge in [-0.25, -0.2) is 12.2 Å². The molecular formula is C47H63N4O2-. The molecule has 6 nitrogen and oxygen atoms in total. The Balaban J connectivity index is 1.38. The third kappa shape index (κ3) is 7.90. The largest absolute Gasteiger partial charge is 0.481 e. The molecule has 4 aliphatic rings. The number of nitrogens with zero attached hydrogens (tertiary/aromatic N) is 4. The molecular weight excluding hydrogens is 653 g/mol. The lowest BCUT2D eigenvalue weighted by atomic mass is 9.78. The lowest BCUT2D eigenvalue weighted by Crippen LogP contribution is -2.47. The van der Waals surface area contributed by atoms with Crippen LogP contribution in [0.25, 0.3) is 13.2 Å². The number of hydrogen-bond donors (Lipinski definition) is 1. The second-order valence-electron chi connectivity index (χ2n) is 16.6. The SMILES string of the molecule is C=c1ccc2c(c1)C(C)(C)[C-](C=C[C-]1CCCC(/C=C/[C-]3[N+](CCCC)=c4ccc(=C)cc4C3(C)C)=C1N1CCN(CCC(=O)O)CC1)[N+]=2CCCC. The van der Waals surface area contributed by atoms with Crippen LogP contribution in [-0.2, 0) is 15.6 Å². The monoisotopic (exact) mass is 715 g/mol. The predicted octanol–water partition coefficient (Wildman–Crippen LogP) is 5.65. The minimum atomic E-state index is -0.724. The van der Waals surface area contributed by atoms with E-state index in [0.29, 0.717) is 6.54 Å². The van der Waals surface area contributed by atoms with Crippen LogP contribution in [0.15, 0.2) is 72.0 Å². The molecule has 0 unspecified atom stereocenters. The zero-order valence-electron chi connectivity index (χ0n) is 33.4. The summed E-state index contributed by atoms with van der Waals surface area (Å²) >= 11 is 0. The van der Waals surface area contributed by atoms with E-state index in [1.165, 1.54) is 51.1 Å². The number of unbranched alkanes of at least 4 members (excludes halogenated alkanes) is 2. The van der Waals surface area contributed by atoms with Gasteiger partial charge in [-0.05, 0) is 33.7 Å². The summed E-state index contributed by atoms with van der Waals surface area (Å²) in [5.41, 5.74) is 5.26. The molecule has 3 heterocycles. The van der Waals surface area contributed by atoms with Crippen molar-refractivity contribution >= 4 is 19.1 Å². The van der Waals surface area contributed by atoms with Crippen LogP contribution in [0.2, 0.25) is 0 Å². The van der Waals surface area contributed by atoms with Gasteiger partial charge in [-0.3, -0.25) is 15.8 Å². The zero-order valence-corrected chi connectivity index (χ0v) is 33.4. The first-order valence-electron chi connectivity index (χ1n) is 20.2. The molecule has 0 bridgehead atoms. The molecule has 1 fully saturated rings. The van der Waals surface area contributed by atoms with Crippen molar-refractivity contribution in [2.45, 2.75) is 104 Å². The van der Waals surface area contributed by atoms with Gasteiger partial charge >= 0.3 is 5.97 Å². The first-order valence-corrected chi connectivity index (χ1v) is 20.2.